The summed E-state index contributed by atoms with van der Waals surface area (Å²) in [6, 6.07) is 4.55. The number of ether oxygens (including phenoxy) is 1. The third kappa shape index (κ3) is 2.65. The zero-order valence-electron chi connectivity index (χ0n) is 10.9. The molecule has 1 aliphatic rings. The van der Waals surface area contributed by atoms with Gasteiger partial charge in [0.15, 0.2) is 0 Å². The van der Waals surface area contributed by atoms with Crippen molar-refractivity contribution < 1.29 is 14.2 Å². The number of nitrogens with zero attached hydrogens (tertiary/aromatic N) is 1. The van der Waals surface area contributed by atoms with Crippen LogP contribution in [0.25, 0.3) is 0 Å². The van der Waals surface area contributed by atoms with Crippen LogP contribution < -0.4 is 4.74 Å². The number of aliphatic hydroxyl groups excluding tert-OH is 1. The van der Waals surface area contributed by atoms with E-state index in [0.29, 0.717) is 12.2 Å². The van der Waals surface area contributed by atoms with E-state index in [0.717, 1.165) is 25.1 Å². The van der Waals surface area contributed by atoms with Crippen LogP contribution in [0, 0.1) is 11.2 Å². The Kier molecular flexibility index (Phi) is 3.88. The molecule has 1 heterocycles. The zero-order valence-corrected chi connectivity index (χ0v) is 10.9. The summed E-state index contributed by atoms with van der Waals surface area (Å²) in [4.78, 5) is 2.20. The molecular weight excluding hydrogens is 233 g/mol. The maximum atomic E-state index is 13.3. The molecule has 0 aliphatic carbocycles. The molecule has 1 aliphatic heterocycles. The fourth-order valence-electron chi connectivity index (χ4n) is 2.78. The predicted molar refractivity (Wildman–Crippen MR) is 68.3 cm³/mol. The van der Waals surface area contributed by atoms with Gasteiger partial charge < -0.3 is 14.7 Å². The van der Waals surface area contributed by atoms with Crippen LogP contribution in [0.5, 0.6) is 5.75 Å². The molecule has 1 aromatic rings. The highest BCUT2D eigenvalue weighted by Gasteiger charge is 2.36. The molecular formula is C14H20FNO2. The second kappa shape index (κ2) is 5.24. The number of rotatable bonds is 4. The second-order valence-corrected chi connectivity index (χ2v) is 5.28. The minimum Gasteiger partial charge on any atom is -0.496 e. The summed E-state index contributed by atoms with van der Waals surface area (Å²) in [6.45, 7) is 1.93. The fraction of sp³-hybridized carbons (Fsp3) is 0.571. The first-order valence-electron chi connectivity index (χ1n) is 6.20. The third-order valence-corrected chi connectivity index (χ3v) is 3.77. The summed E-state index contributed by atoms with van der Waals surface area (Å²) in [7, 11) is 3.63. The summed E-state index contributed by atoms with van der Waals surface area (Å²) >= 11 is 0. The van der Waals surface area contributed by atoms with Gasteiger partial charge in [0.1, 0.15) is 11.6 Å². The Bertz CT molecular complexity index is 424. The van der Waals surface area contributed by atoms with Crippen molar-refractivity contribution in [2.75, 3.05) is 33.9 Å². The first kappa shape index (κ1) is 13.3. The topological polar surface area (TPSA) is 32.7 Å². The molecule has 0 bridgehead atoms. The van der Waals surface area contributed by atoms with Gasteiger partial charge in [-0.2, -0.15) is 0 Å². The van der Waals surface area contributed by atoms with Crippen LogP contribution in [0.2, 0.25) is 0 Å². The molecule has 0 saturated carbocycles. The van der Waals surface area contributed by atoms with E-state index in [4.69, 9.17) is 4.74 Å². The van der Waals surface area contributed by atoms with E-state index in [-0.39, 0.29) is 17.8 Å². The number of methoxy groups -OCH3 is 1. The molecule has 1 N–H and O–H groups in total. The molecule has 1 atom stereocenters. The van der Waals surface area contributed by atoms with Gasteiger partial charge in [0.05, 0.1) is 13.7 Å². The molecule has 1 fully saturated rings. The van der Waals surface area contributed by atoms with Crippen molar-refractivity contribution in [3.63, 3.8) is 0 Å². The number of halogens is 1. The number of hydrogen-bond acceptors (Lipinski definition) is 3. The molecule has 100 valence electrons. The highest BCUT2D eigenvalue weighted by Crippen LogP contribution is 2.35. The largest absolute Gasteiger partial charge is 0.496 e. The standard InChI is InChI=1S/C14H20FNO2/c1-16-6-5-14(9-16,10-17)8-11-7-12(15)3-4-13(11)18-2/h3-4,7,17H,5-6,8-10H2,1-2H3. The fourth-order valence-corrected chi connectivity index (χ4v) is 2.78. The van der Waals surface area contributed by atoms with Crippen LogP contribution in [-0.4, -0.2) is 43.9 Å². The lowest BCUT2D eigenvalue weighted by Crippen LogP contribution is -2.31. The van der Waals surface area contributed by atoms with Gasteiger partial charge in [0.25, 0.3) is 0 Å². The lowest BCUT2D eigenvalue weighted by atomic mass is 9.81. The summed E-state index contributed by atoms with van der Waals surface area (Å²) in [5, 5.41) is 9.67. The van der Waals surface area contributed by atoms with E-state index in [1.54, 1.807) is 13.2 Å². The normalized spacial score (nSPS) is 24.4. The van der Waals surface area contributed by atoms with Crippen molar-refractivity contribution in [1.82, 2.24) is 4.90 Å². The van der Waals surface area contributed by atoms with Gasteiger partial charge in [-0.15, -0.1) is 0 Å². The molecule has 0 radical (unpaired) electrons. The number of benzene rings is 1. The monoisotopic (exact) mass is 253 g/mol. The SMILES string of the molecule is COc1ccc(F)cc1CC1(CO)CCN(C)C1. The van der Waals surface area contributed by atoms with Crippen LogP contribution >= 0.6 is 0 Å². The summed E-state index contributed by atoms with van der Waals surface area (Å²) in [5.74, 6) is 0.434. The molecule has 1 aromatic carbocycles. The smallest absolute Gasteiger partial charge is 0.123 e. The van der Waals surface area contributed by atoms with Crippen LogP contribution in [-0.2, 0) is 6.42 Å². The predicted octanol–water partition coefficient (Wildman–Crippen LogP) is 1.69. The Morgan fingerprint density at radius 1 is 1.50 bits per heavy atom. The summed E-state index contributed by atoms with van der Waals surface area (Å²) in [6.07, 6.45) is 1.58. The Hall–Kier alpha value is -1.13. The highest BCUT2D eigenvalue weighted by atomic mass is 19.1. The van der Waals surface area contributed by atoms with Crippen molar-refractivity contribution in [1.29, 1.82) is 0 Å². The van der Waals surface area contributed by atoms with Crippen molar-refractivity contribution >= 4 is 0 Å². The Morgan fingerprint density at radius 2 is 2.28 bits per heavy atom. The molecule has 0 spiro atoms. The molecule has 0 aromatic heterocycles. The van der Waals surface area contributed by atoms with E-state index < -0.39 is 0 Å². The Labute approximate surface area is 107 Å². The average Bonchev–Trinajstić information content (AvgIpc) is 2.72. The summed E-state index contributed by atoms with van der Waals surface area (Å²) in [5.41, 5.74) is 0.664. The molecule has 3 nitrogen and oxygen atoms in total. The highest BCUT2D eigenvalue weighted by molar-refractivity contribution is 5.35. The van der Waals surface area contributed by atoms with Crippen molar-refractivity contribution in [3.05, 3.63) is 29.6 Å². The van der Waals surface area contributed by atoms with Crippen molar-refractivity contribution in [2.24, 2.45) is 5.41 Å². The van der Waals surface area contributed by atoms with Gasteiger partial charge in [0, 0.05) is 12.0 Å². The lowest BCUT2D eigenvalue weighted by molar-refractivity contribution is 0.131. The van der Waals surface area contributed by atoms with Gasteiger partial charge in [-0.3, -0.25) is 0 Å². The maximum absolute atomic E-state index is 13.3. The van der Waals surface area contributed by atoms with Crippen LogP contribution in [0.15, 0.2) is 18.2 Å². The van der Waals surface area contributed by atoms with Gasteiger partial charge >= 0.3 is 0 Å². The first-order chi connectivity index (χ1) is 8.58. The molecule has 18 heavy (non-hydrogen) atoms. The molecule has 4 heteroatoms. The minimum atomic E-state index is -0.259. The van der Waals surface area contributed by atoms with Crippen LogP contribution in [0.4, 0.5) is 4.39 Å². The van der Waals surface area contributed by atoms with E-state index in [1.807, 2.05) is 7.05 Å². The molecule has 0 amide bonds. The van der Waals surface area contributed by atoms with Crippen LogP contribution in [0.3, 0.4) is 0 Å². The van der Waals surface area contributed by atoms with Crippen LogP contribution in [0.1, 0.15) is 12.0 Å². The minimum absolute atomic E-state index is 0.122. The number of likely N-dealkylation sites (tertiary alicyclic amines) is 1. The maximum Gasteiger partial charge on any atom is 0.123 e. The Balaban J connectivity index is 2.24. The molecule has 1 unspecified atom stereocenters. The third-order valence-electron chi connectivity index (χ3n) is 3.77. The van der Waals surface area contributed by atoms with Crippen molar-refractivity contribution in [2.45, 2.75) is 12.8 Å². The lowest BCUT2D eigenvalue weighted by Gasteiger charge is -2.27. The quantitative estimate of drug-likeness (QED) is 0.886. The van der Waals surface area contributed by atoms with Gasteiger partial charge in [-0.05, 0) is 50.2 Å². The van der Waals surface area contributed by atoms with E-state index in [9.17, 15) is 9.50 Å². The van der Waals surface area contributed by atoms with E-state index in [2.05, 4.69) is 4.90 Å². The number of hydrogen-bond donors (Lipinski definition) is 1. The van der Waals surface area contributed by atoms with Gasteiger partial charge in [-0.25, -0.2) is 4.39 Å². The zero-order chi connectivity index (χ0) is 13.2. The first-order valence-corrected chi connectivity index (χ1v) is 6.20. The van der Waals surface area contributed by atoms with Crippen molar-refractivity contribution in [3.8, 4) is 5.75 Å². The Morgan fingerprint density at radius 3 is 2.83 bits per heavy atom. The number of aliphatic hydroxyl groups is 1. The van der Waals surface area contributed by atoms with E-state index >= 15 is 0 Å². The molecule has 1 saturated heterocycles. The van der Waals surface area contributed by atoms with Gasteiger partial charge in [0.2, 0.25) is 0 Å². The summed E-state index contributed by atoms with van der Waals surface area (Å²) < 4.78 is 18.6. The van der Waals surface area contributed by atoms with Gasteiger partial charge in [-0.1, -0.05) is 0 Å². The molecule has 2 rings (SSSR count). The second-order valence-electron chi connectivity index (χ2n) is 5.28. The van der Waals surface area contributed by atoms with E-state index in [1.165, 1.54) is 12.1 Å². The average molecular weight is 253 g/mol.